The molecule has 0 radical (unpaired) electrons. The summed E-state index contributed by atoms with van der Waals surface area (Å²) in [6.45, 7) is 0. The SMILES string of the molecule is O=C(NC1c2ccccc2CC1O)c1csc(-c2ccoc2)n1. The van der Waals surface area contributed by atoms with Gasteiger partial charge in [0, 0.05) is 17.4 Å². The average Bonchev–Trinajstić information content (AvgIpc) is 3.27. The number of hydrogen-bond acceptors (Lipinski definition) is 5. The molecule has 3 aromatic rings. The second kappa shape index (κ2) is 5.64. The van der Waals surface area contributed by atoms with Gasteiger partial charge in [-0.25, -0.2) is 4.98 Å². The van der Waals surface area contributed by atoms with E-state index in [4.69, 9.17) is 4.42 Å². The summed E-state index contributed by atoms with van der Waals surface area (Å²) in [5.74, 6) is -0.281. The molecule has 116 valence electrons. The van der Waals surface area contributed by atoms with Crippen molar-refractivity contribution in [3.05, 3.63) is 65.1 Å². The molecule has 0 fully saturated rings. The van der Waals surface area contributed by atoms with E-state index in [-0.39, 0.29) is 5.91 Å². The molecule has 4 rings (SSSR count). The molecule has 2 N–H and O–H groups in total. The molecule has 0 bridgehead atoms. The summed E-state index contributed by atoms with van der Waals surface area (Å²) in [7, 11) is 0. The molecule has 2 aromatic heterocycles. The number of aliphatic hydroxyl groups excluding tert-OH is 1. The van der Waals surface area contributed by atoms with E-state index in [2.05, 4.69) is 10.3 Å². The van der Waals surface area contributed by atoms with Crippen LogP contribution in [0.1, 0.15) is 27.7 Å². The summed E-state index contributed by atoms with van der Waals surface area (Å²) < 4.78 is 5.03. The van der Waals surface area contributed by atoms with E-state index in [0.717, 1.165) is 21.7 Å². The Bertz CT molecular complexity index is 841. The highest BCUT2D eigenvalue weighted by molar-refractivity contribution is 7.13. The van der Waals surface area contributed by atoms with Crippen molar-refractivity contribution in [2.24, 2.45) is 0 Å². The molecule has 0 spiro atoms. The maximum Gasteiger partial charge on any atom is 0.271 e. The van der Waals surface area contributed by atoms with Crippen LogP contribution in [0.15, 0.2) is 52.7 Å². The van der Waals surface area contributed by atoms with Crippen molar-refractivity contribution in [1.82, 2.24) is 10.3 Å². The Hall–Kier alpha value is -2.44. The second-order valence-electron chi connectivity index (χ2n) is 5.47. The largest absolute Gasteiger partial charge is 0.472 e. The summed E-state index contributed by atoms with van der Waals surface area (Å²) in [6.07, 6.45) is 3.11. The van der Waals surface area contributed by atoms with Crippen LogP contribution in [-0.2, 0) is 6.42 Å². The minimum atomic E-state index is -0.608. The van der Waals surface area contributed by atoms with E-state index < -0.39 is 12.1 Å². The van der Waals surface area contributed by atoms with Gasteiger partial charge in [0.2, 0.25) is 0 Å². The van der Waals surface area contributed by atoms with Gasteiger partial charge in [0.05, 0.1) is 18.4 Å². The molecule has 6 heteroatoms. The number of hydrogen-bond donors (Lipinski definition) is 2. The van der Waals surface area contributed by atoms with Crippen molar-refractivity contribution in [2.45, 2.75) is 18.6 Å². The number of carbonyl (C=O) groups is 1. The first kappa shape index (κ1) is 14.2. The molecule has 2 heterocycles. The number of aliphatic hydroxyl groups is 1. The van der Waals surface area contributed by atoms with Crippen molar-refractivity contribution in [3.8, 4) is 10.6 Å². The maximum atomic E-state index is 12.4. The standard InChI is InChI=1S/C17H14N2O3S/c20-14-7-10-3-1-2-4-12(10)15(14)19-16(21)13-9-23-17(18-13)11-5-6-22-8-11/h1-6,8-9,14-15,20H,7H2,(H,19,21). The highest BCUT2D eigenvalue weighted by Crippen LogP contribution is 2.31. The van der Waals surface area contributed by atoms with E-state index in [1.165, 1.54) is 11.3 Å². The van der Waals surface area contributed by atoms with Crippen molar-refractivity contribution >= 4 is 17.2 Å². The lowest BCUT2D eigenvalue weighted by atomic mass is 10.1. The number of rotatable bonds is 3. The lowest BCUT2D eigenvalue weighted by Crippen LogP contribution is -2.34. The van der Waals surface area contributed by atoms with E-state index >= 15 is 0 Å². The average molecular weight is 326 g/mol. The first-order chi connectivity index (χ1) is 11.2. The summed E-state index contributed by atoms with van der Waals surface area (Å²) in [5, 5.41) is 15.6. The number of aromatic nitrogens is 1. The number of benzene rings is 1. The monoisotopic (exact) mass is 326 g/mol. The molecule has 2 unspecified atom stereocenters. The van der Waals surface area contributed by atoms with Gasteiger partial charge in [-0.05, 0) is 17.2 Å². The predicted molar refractivity (Wildman–Crippen MR) is 86.2 cm³/mol. The van der Waals surface area contributed by atoms with E-state index in [9.17, 15) is 9.90 Å². The summed E-state index contributed by atoms with van der Waals surface area (Å²) in [4.78, 5) is 16.8. The number of nitrogens with one attached hydrogen (secondary N) is 1. The van der Waals surface area contributed by atoms with Gasteiger partial charge in [-0.3, -0.25) is 4.79 Å². The topological polar surface area (TPSA) is 75.4 Å². The fourth-order valence-corrected chi connectivity index (χ4v) is 3.65. The van der Waals surface area contributed by atoms with Gasteiger partial charge in [0.25, 0.3) is 5.91 Å². The third kappa shape index (κ3) is 2.56. The van der Waals surface area contributed by atoms with Gasteiger partial charge in [-0.2, -0.15) is 0 Å². The Morgan fingerprint density at radius 2 is 2.22 bits per heavy atom. The quantitative estimate of drug-likeness (QED) is 0.776. The van der Waals surface area contributed by atoms with E-state index in [1.54, 1.807) is 24.0 Å². The number of thiazole rings is 1. The molecule has 1 amide bonds. The lowest BCUT2D eigenvalue weighted by Gasteiger charge is -2.17. The van der Waals surface area contributed by atoms with Crippen LogP contribution in [0.25, 0.3) is 10.6 Å². The molecule has 0 saturated heterocycles. The van der Waals surface area contributed by atoms with Crippen LogP contribution in [0.4, 0.5) is 0 Å². The zero-order valence-electron chi connectivity index (χ0n) is 12.1. The van der Waals surface area contributed by atoms with Gasteiger partial charge in [0.15, 0.2) is 0 Å². The Kier molecular flexibility index (Phi) is 3.48. The Balaban J connectivity index is 1.55. The smallest absolute Gasteiger partial charge is 0.271 e. The summed E-state index contributed by atoms with van der Waals surface area (Å²) >= 11 is 1.39. The zero-order valence-corrected chi connectivity index (χ0v) is 12.9. The van der Waals surface area contributed by atoms with Crippen molar-refractivity contribution in [1.29, 1.82) is 0 Å². The van der Waals surface area contributed by atoms with E-state index in [0.29, 0.717) is 12.1 Å². The summed E-state index contributed by atoms with van der Waals surface area (Å²) in [6, 6.07) is 9.18. The van der Waals surface area contributed by atoms with Crippen LogP contribution < -0.4 is 5.32 Å². The number of fused-ring (bicyclic) bond motifs is 1. The van der Waals surface area contributed by atoms with Gasteiger partial charge in [-0.15, -0.1) is 11.3 Å². The minimum absolute atomic E-state index is 0.281. The first-order valence-electron chi connectivity index (χ1n) is 7.27. The Morgan fingerprint density at radius 3 is 3.04 bits per heavy atom. The maximum absolute atomic E-state index is 12.4. The highest BCUT2D eigenvalue weighted by Gasteiger charge is 2.32. The highest BCUT2D eigenvalue weighted by atomic mass is 32.1. The number of carbonyl (C=O) groups excluding carboxylic acids is 1. The predicted octanol–water partition coefficient (Wildman–Crippen LogP) is 2.79. The molecule has 1 aliphatic carbocycles. The first-order valence-corrected chi connectivity index (χ1v) is 8.15. The van der Waals surface area contributed by atoms with Gasteiger partial charge in [-0.1, -0.05) is 24.3 Å². The number of amides is 1. The van der Waals surface area contributed by atoms with Gasteiger partial charge in [0.1, 0.15) is 17.0 Å². The molecule has 1 aromatic carbocycles. The number of furan rings is 1. The molecule has 1 aliphatic rings. The fraction of sp³-hybridized carbons (Fsp3) is 0.176. The second-order valence-corrected chi connectivity index (χ2v) is 6.33. The molecule has 2 atom stereocenters. The van der Waals surface area contributed by atoms with Crippen molar-refractivity contribution in [2.75, 3.05) is 0 Å². The molecular formula is C17H14N2O3S. The molecule has 5 nitrogen and oxygen atoms in total. The third-order valence-electron chi connectivity index (χ3n) is 4.00. The lowest BCUT2D eigenvalue weighted by molar-refractivity contribution is 0.0854. The zero-order chi connectivity index (χ0) is 15.8. The van der Waals surface area contributed by atoms with Crippen LogP contribution in [0.2, 0.25) is 0 Å². The third-order valence-corrected chi connectivity index (χ3v) is 4.89. The fourth-order valence-electron chi connectivity index (χ4n) is 2.86. The Morgan fingerprint density at radius 1 is 1.35 bits per heavy atom. The van der Waals surface area contributed by atoms with Crippen LogP contribution in [0, 0.1) is 0 Å². The van der Waals surface area contributed by atoms with Gasteiger partial charge < -0.3 is 14.8 Å². The molecule has 0 saturated carbocycles. The Labute approximate surface area is 136 Å². The minimum Gasteiger partial charge on any atom is -0.472 e. The van der Waals surface area contributed by atoms with Crippen molar-refractivity contribution < 1.29 is 14.3 Å². The van der Waals surface area contributed by atoms with Crippen LogP contribution >= 0.6 is 11.3 Å². The van der Waals surface area contributed by atoms with Crippen molar-refractivity contribution in [3.63, 3.8) is 0 Å². The molecular weight excluding hydrogens is 312 g/mol. The van der Waals surface area contributed by atoms with Crippen LogP contribution in [-0.4, -0.2) is 22.1 Å². The van der Waals surface area contributed by atoms with Crippen LogP contribution in [0.3, 0.4) is 0 Å². The molecule has 0 aliphatic heterocycles. The van der Waals surface area contributed by atoms with E-state index in [1.807, 2.05) is 24.3 Å². The molecule has 23 heavy (non-hydrogen) atoms. The van der Waals surface area contributed by atoms with Crippen LogP contribution in [0.5, 0.6) is 0 Å². The number of nitrogens with zero attached hydrogens (tertiary/aromatic N) is 1. The van der Waals surface area contributed by atoms with Gasteiger partial charge >= 0.3 is 0 Å². The normalized spacial score (nSPS) is 19.5. The summed E-state index contributed by atoms with van der Waals surface area (Å²) in [5.41, 5.74) is 3.24.